The molecule has 0 saturated heterocycles. The Morgan fingerprint density at radius 2 is 2.19 bits per heavy atom. The molecule has 3 heterocycles. The number of thiophene rings is 1. The Morgan fingerprint density at radius 1 is 1.41 bits per heavy atom. The summed E-state index contributed by atoms with van der Waals surface area (Å²) in [4.78, 5) is 20.4. The summed E-state index contributed by atoms with van der Waals surface area (Å²) in [5, 5.41) is 1.46. The van der Waals surface area contributed by atoms with E-state index in [1.807, 2.05) is 36.4 Å². The second-order valence-corrected chi connectivity index (χ2v) is 8.99. The molecule has 0 unspecified atom stereocenters. The Bertz CT molecular complexity index is 1060. The standard InChI is InChI=1S/C21H22N2O2S2/c1-4-11-26-20-22-18-17(19(24)23(20)14-9-7-6-8-10-14)15-12-21(3,5-2)25-13-16(15)27-18/h4,6-10H,1,5,11-13H2,2-3H3/t21-/m0/s1. The second kappa shape index (κ2) is 7.26. The summed E-state index contributed by atoms with van der Waals surface area (Å²) in [6.07, 6.45) is 3.50. The Kier molecular flexibility index (Phi) is 4.97. The van der Waals surface area contributed by atoms with E-state index in [-0.39, 0.29) is 11.2 Å². The normalized spacial score (nSPS) is 19.2. The summed E-state index contributed by atoms with van der Waals surface area (Å²) in [7, 11) is 0. The lowest BCUT2D eigenvalue weighted by atomic mass is 9.90. The molecule has 0 bridgehead atoms. The van der Waals surface area contributed by atoms with E-state index in [0.29, 0.717) is 17.5 Å². The fourth-order valence-corrected chi connectivity index (χ4v) is 5.25. The van der Waals surface area contributed by atoms with E-state index in [0.717, 1.165) is 39.2 Å². The third kappa shape index (κ3) is 3.26. The zero-order valence-corrected chi connectivity index (χ0v) is 17.2. The van der Waals surface area contributed by atoms with Gasteiger partial charge in [0.1, 0.15) is 4.83 Å². The van der Waals surface area contributed by atoms with E-state index in [1.165, 1.54) is 11.8 Å². The van der Waals surface area contributed by atoms with Crippen LogP contribution in [-0.4, -0.2) is 20.9 Å². The molecule has 1 aliphatic heterocycles. The summed E-state index contributed by atoms with van der Waals surface area (Å²) in [6, 6.07) is 9.74. The van der Waals surface area contributed by atoms with Gasteiger partial charge in [0.05, 0.1) is 23.3 Å². The molecule has 4 nitrogen and oxygen atoms in total. The van der Waals surface area contributed by atoms with Gasteiger partial charge in [-0.25, -0.2) is 4.98 Å². The van der Waals surface area contributed by atoms with Crippen molar-refractivity contribution in [2.24, 2.45) is 0 Å². The summed E-state index contributed by atoms with van der Waals surface area (Å²) in [5.74, 6) is 0.701. The van der Waals surface area contributed by atoms with E-state index >= 15 is 0 Å². The molecule has 4 rings (SSSR count). The maximum Gasteiger partial charge on any atom is 0.267 e. The molecule has 6 heteroatoms. The van der Waals surface area contributed by atoms with Gasteiger partial charge in [-0.3, -0.25) is 9.36 Å². The van der Waals surface area contributed by atoms with E-state index < -0.39 is 0 Å². The Balaban J connectivity index is 1.98. The SMILES string of the molecule is C=CCSc1nc2sc3c(c2c(=O)n1-c1ccccc1)C[C@](C)(CC)OC3. The van der Waals surface area contributed by atoms with Gasteiger partial charge in [0, 0.05) is 17.1 Å². The molecule has 0 saturated carbocycles. The molecule has 0 N–H and O–H groups in total. The smallest absolute Gasteiger partial charge is 0.267 e. The average Bonchev–Trinajstić information content (AvgIpc) is 3.04. The number of hydrogen-bond acceptors (Lipinski definition) is 5. The maximum absolute atomic E-state index is 13.6. The third-order valence-corrected chi connectivity index (χ3v) is 7.11. The number of nitrogens with zero attached hydrogens (tertiary/aromatic N) is 2. The number of benzene rings is 1. The van der Waals surface area contributed by atoms with Crippen LogP contribution in [-0.2, 0) is 17.8 Å². The largest absolute Gasteiger partial charge is 0.369 e. The molecule has 0 amide bonds. The lowest BCUT2D eigenvalue weighted by Gasteiger charge is -2.32. The first-order valence-corrected chi connectivity index (χ1v) is 10.9. The van der Waals surface area contributed by atoms with Crippen LogP contribution in [0.1, 0.15) is 30.7 Å². The van der Waals surface area contributed by atoms with E-state index in [2.05, 4.69) is 20.4 Å². The highest BCUT2D eigenvalue weighted by Crippen LogP contribution is 2.39. The summed E-state index contributed by atoms with van der Waals surface area (Å²) < 4.78 is 7.81. The maximum atomic E-state index is 13.6. The number of aromatic nitrogens is 2. The predicted molar refractivity (Wildman–Crippen MR) is 113 cm³/mol. The highest BCUT2D eigenvalue weighted by atomic mass is 32.2. The fraction of sp³-hybridized carbons (Fsp3) is 0.333. The number of ether oxygens (including phenoxy) is 1. The number of rotatable bonds is 5. The topological polar surface area (TPSA) is 44.1 Å². The van der Waals surface area contributed by atoms with Gasteiger partial charge in [-0.15, -0.1) is 17.9 Å². The van der Waals surface area contributed by atoms with Crippen LogP contribution in [0.4, 0.5) is 0 Å². The van der Waals surface area contributed by atoms with E-state index in [1.54, 1.807) is 15.9 Å². The van der Waals surface area contributed by atoms with Crippen molar-refractivity contribution in [3.8, 4) is 5.69 Å². The van der Waals surface area contributed by atoms with Gasteiger partial charge in [-0.05, 0) is 31.0 Å². The summed E-state index contributed by atoms with van der Waals surface area (Å²) >= 11 is 3.12. The molecule has 1 atom stereocenters. The summed E-state index contributed by atoms with van der Waals surface area (Å²) in [6.45, 7) is 8.60. The molecule has 1 aliphatic rings. The molecule has 27 heavy (non-hydrogen) atoms. The van der Waals surface area contributed by atoms with Crippen LogP contribution in [0.15, 0.2) is 52.9 Å². The number of thioether (sulfide) groups is 1. The van der Waals surface area contributed by atoms with Crippen LogP contribution in [0, 0.1) is 0 Å². The predicted octanol–water partition coefficient (Wildman–Crippen LogP) is 4.97. The van der Waals surface area contributed by atoms with Crippen molar-refractivity contribution >= 4 is 33.3 Å². The van der Waals surface area contributed by atoms with Gasteiger partial charge in [0.2, 0.25) is 0 Å². The highest BCUT2D eigenvalue weighted by Gasteiger charge is 2.33. The first kappa shape index (κ1) is 18.5. The molecule has 2 aromatic heterocycles. The molecule has 0 fully saturated rings. The van der Waals surface area contributed by atoms with Gasteiger partial charge in [0.15, 0.2) is 5.16 Å². The van der Waals surface area contributed by atoms with Crippen molar-refractivity contribution in [3.63, 3.8) is 0 Å². The number of para-hydroxylation sites is 1. The molecule has 0 radical (unpaired) electrons. The summed E-state index contributed by atoms with van der Waals surface area (Å²) in [5.41, 5.74) is 1.75. The van der Waals surface area contributed by atoms with Gasteiger partial charge in [0.25, 0.3) is 5.56 Å². The van der Waals surface area contributed by atoms with Crippen molar-refractivity contribution in [2.45, 2.75) is 44.1 Å². The molecule has 3 aromatic rings. The Hall–Kier alpha value is -1.89. The van der Waals surface area contributed by atoms with Crippen LogP contribution < -0.4 is 5.56 Å². The van der Waals surface area contributed by atoms with Crippen molar-refractivity contribution < 1.29 is 4.74 Å². The zero-order valence-electron chi connectivity index (χ0n) is 15.5. The van der Waals surface area contributed by atoms with Crippen molar-refractivity contribution in [1.29, 1.82) is 0 Å². The first-order valence-electron chi connectivity index (χ1n) is 9.06. The van der Waals surface area contributed by atoms with Crippen LogP contribution in [0.3, 0.4) is 0 Å². The minimum absolute atomic E-state index is 0.00983. The van der Waals surface area contributed by atoms with E-state index in [4.69, 9.17) is 9.72 Å². The molecular weight excluding hydrogens is 376 g/mol. The minimum atomic E-state index is -0.221. The molecule has 0 aliphatic carbocycles. The first-order chi connectivity index (χ1) is 13.1. The third-order valence-electron chi connectivity index (χ3n) is 5.07. The van der Waals surface area contributed by atoms with Crippen LogP contribution >= 0.6 is 23.1 Å². The van der Waals surface area contributed by atoms with Crippen molar-refractivity contribution in [3.05, 3.63) is 63.8 Å². The van der Waals surface area contributed by atoms with Gasteiger partial charge in [-0.2, -0.15) is 0 Å². The zero-order chi connectivity index (χ0) is 19.0. The van der Waals surface area contributed by atoms with Gasteiger partial charge in [-0.1, -0.05) is 43.0 Å². The Morgan fingerprint density at radius 3 is 2.89 bits per heavy atom. The minimum Gasteiger partial charge on any atom is -0.369 e. The fourth-order valence-electron chi connectivity index (χ4n) is 3.36. The van der Waals surface area contributed by atoms with Crippen LogP contribution in [0.25, 0.3) is 15.9 Å². The van der Waals surface area contributed by atoms with Crippen LogP contribution in [0.2, 0.25) is 0 Å². The molecule has 140 valence electrons. The molecule has 1 aromatic carbocycles. The van der Waals surface area contributed by atoms with Gasteiger partial charge < -0.3 is 4.74 Å². The van der Waals surface area contributed by atoms with Crippen molar-refractivity contribution in [1.82, 2.24) is 9.55 Å². The molecule has 0 spiro atoms. The number of fused-ring (bicyclic) bond motifs is 3. The van der Waals surface area contributed by atoms with Crippen molar-refractivity contribution in [2.75, 3.05) is 5.75 Å². The number of hydrogen-bond donors (Lipinski definition) is 0. The second-order valence-electron chi connectivity index (χ2n) is 6.92. The quantitative estimate of drug-likeness (QED) is 0.346. The lowest BCUT2D eigenvalue weighted by molar-refractivity contribution is -0.0543. The van der Waals surface area contributed by atoms with Crippen LogP contribution in [0.5, 0.6) is 0 Å². The average molecular weight is 399 g/mol. The van der Waals surface area contributed by atoms with Gasteiger partial charge >= 0.3 is 0 Å². The highest BCUT2D eigenvalue weighted by molar-refractivity contribution is 7.99. The monoisotopic (exact) mass is 398 g/mol. The van der Waals surface area contributed by atoms with E-state index in [9.17, 15) is 4.79 Å². The Labute approximate surface area is 166 Å². The lowest BCUT2D eigenvalue weighted by Crippen LogP contribution is -2.34. The molecular formula is C21H22N2O2S2.